The highest BCUT2D eigenvalue weighted by Crippen LogP contribution is 2.41. The smallest absolute Gasteiger partial charge is 0.146 e. The largest absolute Gasteiger partial charge is 0.487 e. The summed E-state index contributed by atoms with van der Waals surface area (Å²) >= 11 is 0. The highest BCUT2D eigenvalue weighted by Gasteiger charge is 2.19. The second-order valence-electron chi connectivity index (χ2n) is 4.46. The normalized spacial score (nSPS) is 12.7. The van der Waals surface area contributed by atoms with E-state index in [2.05, 4.69) is 35.3 Å². The van der Waals surface area contributed by atoms with Crippen LogP contribution in [0.1, 0.15) is 5.56 Å². The Morgan fingerprint density at radius 2 is 1.78 bits per heavy atom. The van der Waals surface area contributed by atoms with E-state index in [0.29, 0.717) is 6.61 Å². The zero-order valence-corrected chi connectivity index (χ0v) is 9.76. The first kappa shape index (κ1) is 9.66. The summed E-state index contributed by atoms with van der Waals surface area (Å²) in [4.78, 5) is 4.44. The summed E-state index contributed by atoms with van der Waals surface area (Å²) in [5.74, 6) is 0.882. The second kappa shape index (κ2) is 3.57. The molecule has 1 aliphatic rings. The van der Waals surface area contributed by atoms with Crippen molar-refractivity contribution in [2.75, 3.05) is 0 Å². The monoisotopic (exact) mass is 233 g/mol. The number of rotatable bonds is 0. The molecule has 1 aromatic heterocycles. The molecule has 1 aliphatic heterocycles. The van der Waals surface area contributed by atoms with Gasteiger partial charge in [0.15, 0.2) is 0 Å². The molecule has 0 bridgehead atoms. The average molecular weight is 233 g/mol. The predicted octanol–water partition coefficient (Wildman–Crippen LogP) is 3.79. The van der Waals surface area contributed by atoms with Gasteiger partial charge in [0.25, 0.3) is 0 Å². The van der Waals surface area contributed by atoms with Crippen LogP contribution in [-0.2, 0) is 6.61 Å². The Hall–Kier alpha value is -2.35. The van der Waals surface area contributed by atoms with E-state index in [1.807, 2.05) is 24.4 Å². The van der Waals surface area contributed by atoms with Crippen molar-refractivity contribution in [3.05, 3.63) is 60.3 Å². The van der Waals surface area contributed by atoms with Crippen LogP contribution in [0.2, 0.25) is 0 Å². The van der Waals surface area contributed by atoms with Gasteiger partial charge in [-0.15, -0.1) is 0 Å². The number of pyridine rings is 1. The van der Waals surface area contributed by atoms with E-state index in [4.69, 9.17) is 4.74 Å². The maximum absolute atomic E-state index is 5.80. The van der Waals surface area contributed by atoms with Crippen LogP contribution >= 0.6 is 0 Å². The zero-order chi connectivity index (χ0) is 11.9. The minimum atomic E-state index is 0.628. The summed E-state index contributed by atoms with van der Waals surface area (Å²) < 4.78 is 5.80. The van der Waals surface area contributed by atoms with E-state index >= 15 is 0 Å². The topological polar surface area (TPSA) is 22.1 Å². The van der Waals surface area contributed by atoms with Gasteiger partial charge in [-0.25, -0.2) is 0 Å². The number of aromatic nitrogens is 1. The van der Waals surface area contributed by atoms with Crippen molar-refractivity contribution < 1.29 is 4.74 Å². The highest BCUT2D eigenvalue weighted by molar-refractivity contribution is 5.98. The van der Waals surface area contributed by atoms with E-state index in [0.717, 1.165) is 16.7 Å². The Kier molecular flexibility index (Phi) is 1.92. The standard InChI is InChI=1S/C16H11NO/c1-2-6-12-11(5-1)10-18-15-9-17-14-8-4-3-7-13(14)16(12)15/h1-9H,10H2. The molecular weight excluding hydrogens is 222 g/mol. The number of fused-ring (bicyclic) bond motifs is 5. The molecule has 2 heterocycles. The fourth-order valence-electron chi connectivity index (χ4n) is 2.56. The molecule has 0 radical (unpaired) electrons. The first-order chi connectivity index (χ1) is 8.93. The number of para-hydroxylation sites is 1. The van der Waals surface area contributed by atoms with Crippen LogP contribution in [0.15, 0.2) is 54.7 Å². The molecule has 0 saturated heterocycles. The number of hydrogen-bond acceptors (Lipinski definition) is 2. The fourth-order valence-corrected chi connectivity index (χ4v) is 2.56. The molecule has 86 valence electrons. The summed E-state index contributed by atoms with van der Waals surface area (Å²) in [6.07, 6.45) is 1.83. The van der Waals surface area contributed by atoms with Gasteiger partial charge in [-0.05, 0) is 17.2 Å². The molecule has 0 saturated carbocycles. The number of hydrogen-bond donors (Lipinski definition) is 0. The molecule has 0 spiro atoms. The van der Waals surface area contributed by atoms with Crippen molar-refractivity contribution in [1.82, 2.24) is 4.98 Å². The summed E-state index contributed by atoms with van der Waals surface area (Å²) in [7, 11) is 0. The molecule has 3 aromatic rings. The minimum Gasteiger partial charge on any atom is -0.487 e. The van der Waals surface area contributed by atoms with Crippen molar-refractivity contribution in [2.24, 2.45) is 0 Å². The van der Waals surface area contributed by atoms with Crippen molar-refractivity contribution in [3.8, 4) is 16.9 Å². The van der Waals surface area contributed by atoms with E-state index in [1.54, 1.807) is 0 Å². The summed E-state index contributed by atoms with van der Waals surface area (Å²) in [5, 5.41) is 1.15. The van der Waals surface area contributed by atoms with E-state index in [9.17, 15) is 0 Å². The first-order valence-corrected chi connectivity index (χ1v) is 6.02. The van der Waals surface area contributed by atoms with Crippen LogP contribution in [0.3, 0.4) is 0 Å². The molecule has 18 heavy (non-hydrogen) atoms. The van der Waals surface area contributed by atoms with Gasteiger partial charge in [-0.1, -0.05) is 42.5 Å². The summed E-state index contributed by atoms with van der Waals surface area (Å²) in [6.45, 7) is 0.628. The highest BCUT2D eigenvalue weighted by atomic mass is 16.5. The van der Waals surface area contributed by atoms with Gasteiger partial charge in [0.05, 0.1) is 11.7 Å². The van der Waals surface area contributed by atoms with Crippen molar-refractivity contribution in [3.63, 3.8) is 0 Å². The molecule has 2 nitrogen and oxygen atoms in total. The third-order valence-corrected chi connectivity index (χ3v) is 3.41. The Morgan fingerprint density at radius 3 is 2.78 bits per heavy atom. The molecule has 0 unspecified atom stereocenters. The Bertz CT molecular complexity index is 749. The molecule has 0 N–H and O–H groups in total. The third kappa shape index (κ3) is 1.26. The number of nitrogens with zero attached hydrogens (tertiary/aromatic N) is 1. The van der Waals surface area contributed by atoms with Crippen LogP contribution in [0.5, 0.6) is 5.75 Å². The number of ether oxygens (including phenoxy) is 1. The molecule has 2 aromatic carbocycles. The van der Waals surface area contributed by atoms with Gasteiger partial charge < -0.3 is 4.74 Å². The van der Waals surface area contributed by atoms with E-state index in [-0.39, 0.29) is 0 Å². The second-order valence-corrected chi connectivity index (χ2v) is 4.46. The molecule has 2 heteroatoms. The fraction of sp³-hybridized carbons (Fsp3) is 0.0625. The molecule has 0 amide bonds. The van der Waals surface area contributed by atoms with Crippen molar-refractivity contribution in [2.45, 2.75) is 6.61 Å². The SMILES string of the molecule is c1ccc2c(c1)COc1cnc3ccccc3c1-2. The van der Waals surface area contributed by atoms with Crippen molar-refractivity contribution >= 4 is 10.9 Å². The van der Waals surface area contributed by atoms with Gasteiger partial charge in [-0.2, -0.15) is 0 Å². The predicted molar refractivity (Wildman–Crippen MR) is 71.5 cm³/mol. The first-order valence-electron chi connectivity index (χ1n) is 6.02. The minimum absolute atomic E-state index is 0.628. The van der Waals surface area contributed by atoms with Gasteiger partial charge in [0.2, 0.25) is 0 Å². The maximum Gasteiger partial charge on any atom is 0.146 e. The van der Waals surface area contributed by atoms with Gasteiger partial charge in [0.1, 0.15) is 12.4 Å². The van der Waals surface area contributed by atoms with Gasteiger partial charge in [0, 0.05) is 10.9 Å². The van der Waals surface area contributed by atoms with Crippen molar-refractivity contribution in [1.29, 1.82) is 0 Å². The van der Waals surface area contributed by atoms with Crippen LogP contribution in [0.4, 0.5) is 0 Å². The lowest BCUT2D eigenvalue weighted by atomic mass is 9.94. The van der Waals surface area contributed by atoms with Gasteiger partial charge >= 0.3 is 0 Å². The molecule has 0 fully saturated rings. The molecular formula is C16H11NO. The quantitative estimate of drug-likeness (QED) is 0.589. The lowest BCUT2D eigenvalue weighted by Crippen LogP contribution is -2.06. The molecule has 0 atom stereocenters. The van der Waals surface area contributed by atoms with Gasteiger partial charge in [-0.3, -0.25) is 4.98 Å². The Morgan fingerprint density at radius 1 is 0.944 bits per heavy atom. The lowest BCUT2D eigenvalue weighted by Gasteiger charge is -2.21. The maximum atomic E-state index is 5.80. The van der Waals surface area contributed by atoms with Crippen LogP contribution < -0.4 is 4.74 Å². The third-order valence-electron chi connectivity index (χ3n) is 3.41. The lowest BCUT2D eigenvalue weighted by molar-refractivity contribution is 0.302. The number of benzene rings is 2. The summed E-state index contributed by atoms with van der Waals surface area (Å²) in [6, 6.07) is 16.6. The molecule has 0 aliphatic carbocycles. The van der Waals surface area contributed by atoms with E-state index < -0.39 is 0 Å². The van der Waals surface area contributed by atoms with E-state index in [1.165, 1.54) is 16.7 Å². The average Bonchev–Trinajstić information content (AvgIpc) is 2.46. The van der Waals surface area contributed by atoms with Crippen LogP contribution in [0.25, 0.3) is 22.0 Å². The zero-order valence-electron chi connectivity index (χ0n) is 9.76. The molecule has 4 rings (SSSR count). The Labute approximate surface area is 105 Å². The van der Waals surface area contributed by atoms with Crippen LogP contribution in [0, 0.1) is 0 Å². The summed E-state index contributed by atoms with van der Waals surface area (Å²) in [5.41, 5.74) is 4.68. The Balaban J connectivity index is 2.15. The van der Waals surface area contributed by atoms with Crippen LogP contribution in [-0.4, -0.2) is 4.98 Å².